The molecule has 0 saturated carbocycles. The number of benzene rings is 1. The SMILES string of the molecule is Cc1ccc(C(=O)C(C)SC(C)CO)cc1. The molecule has 0 amide bonds. The van der Waals surface area contributed by atoms with E-state index in [2.05, 4.69) is 0 Å². The lowest BCUT2D eigenvalue weighted by Gasteiger charge is -2.14. The number of carbonyl (C=O) groups is 1. The minimum Gasteiger partial charge on any atom is -0.395 e. The second-order valence-corrected chi connectivity index (χ2v) is 5.79. The van der Waals surface area contributed by atoms with Crippen LogP contribution in [0.5, 0.6) is 0 Å². The molecule has 0 aliphatic heterocycles. The maximum atomic E-state index is 12.0. The average Bonchev–Trinajstić information content (AvgIpc) is 2.28. The fraction of sp³-hybridized carbons (Fsp3) is 0.462. The van der Waals surface area contributed by atoms with E-state index in [9.17, 15) is 4.79 Å². The van der Waals surface area contributed by atoms with Crippen molar-refractivity contribution in [2.75, 3.05) is 6.61 Å². The summed E-state index contributed by atoms with van der Waals surface area (Å²) in [5, 5.41) is 8.93. The molecule has 88 valence electrons. The summed E-state index contributed by atoms with van der Waals surface area (Å²) >= 11 is 1.51. The van der Waals surface area contributed by atoms with Crippen LogP contribution < -0.4 is 0 Å². The van der Waals surface area contributed by atoms with E-state index in [-0.39, 0.29) is 22.9 Å². The lowest BCUT2D eigenvalue weighted by atomic mass is 10.1. The number of carbonyl (C=O) groups excluding carboxylic acids is 1. The molecule has 0 aliphatic rings. The van der Waals surface area contributed by atoms with Crippen LogP contribution in [-0.4, -0.2) is 28.0 Å². The molecular weight excluding hydrogens is 220 g/mol. The Morgan fingerprint density at radius 2 is 1.88 bits per heavy atom. The quantitative estimate of drug-likeness (QED) is 0.801. The van der Waals surface area contributed by atoms with Crippen LogP contribution in [0.4, 0.5) is 0 Å². The summed E-state index contributed by atoms with van der Waals surface area (Å²) in [6, 6.07) is 7.61. The van der Waals surface area contributed by atoms with Crippen LogP contribution >= 0.6 is 11.8 Å². The Hall–Kier alpha value is -0.800. The van der Waals surface area contributed by atoms with Gasteiger partial charge in [0.15, 0.2) is 5.78 Å². The van der Waals surface area contributed by atoms with Crippen LogP contribution in [0, 0.1) is 6.92 Å². The third-order valence-electron chi connectivity index (χ3n) is 2.40. The van der Waals surface area contributed by atoms with Gasteiger partial charge in [-0.2, -0.15) is 0 Å². The van der Waals surface area contributed by atoms with Gasteiger partial charge < -0.3 is 5.11 Å². The van der Waals surface area contributed by atoms with Crippen LogP contribution in [0.1, 0.15) is 29.8 Å². The van der Waals surface area contributed by atoms with E-state index >= 15 is 0 Å². The first kappa shape index (κ1) is 13.3. The topological polar surface area (TPSA) is 37.3 Å². The Labute approximate surface area is 101 Å². The smallest absolute Gasteiger partial charge is 0.175 e. The van der Waals surface area contributed by atoms with Gasteiger partial charge in [0.25, 0.3) is 0 Å². The monoisotopic (exact) mass is 238 g/mol. The standard InChI is InChI=1S/C13H18O2S/c1-9-4-6-12(7-5-9)13(15)11(3)16-10(2)8-14/h4-7,10-11,14H,8H2,1-3H3. The summed E-state index contributed by atoms with van der Waals surface area (Å²) in [4.78, 5) is 12.0. The molecule has 1 N–H and O–H groups in total. The van der Waals surface area contributed by atoms with Crippen molar-refractivity contribution in [1.29, 1.82) is 0 Å². The van der Waals surface area contributed by atoms with Gasteiger partial charge in [-0.1, -0.05) is 36.8 Å². The fourth-order valence-corrected chi connectivity index (χ4v) is 2.45. The van der Waals surface area contributed by atoms with E-state index in [0.717, 1.165) is 11.1 Å². The molecule has 3 heteroatoms. The van der Waals surface area contributed by atoms with E-state index in [4.69, 9.17) is 5.11 Å². The first-order valence-electron chi connectivity index (χ1n) is 5.41. The zero-order valence-corrected chi connectivity index (χ0v) is 10.8. The van der Waals surface area contributed by atoms with Gasteiger partial charge in [0.05, 0.1) is 11.9 Å². The van der Waals surface area contributed by atoms with Crippen LogP contribution in [0.15, 0.2) is 24.3 Å². The van der Waals surface area contributed by atoms with Crippen LogP contribution in [0.2, 0.25) is 0 Å². The molecule has 0 radical (unpaired) electrons. The number of aryl methyl sites for hydroxylation is 1. The number of aliphatic hydroxyl groups excluding tert-OH is 1. The minimum absolute atomic E-state index is 0.101. The number of hydrogen-bond acceptors (Lipinski definition) is 3. The molecule has 0 spiro atoms. The highest BCUT2D eigenvalue weighted by molar-refractivity contribution is 8.01. The summed E-state index contributed by atoms with van der Waals surface area (Å²) < 4.78 is 0. The summed E-state index contributed by atoms with van der Waals surface area (Å²) in [7, 11) is 0. The van der Waals surface area contributed by atoms with Crippen molar-refractivity contribution in [1.82, 2.24) is 0 Å². The Bertz CT molecular complexity index is 345. The highest BCUT2D eigenvalue weighted by atomic mass is 32.2. The van der Waals surface area contributed by atoms with Gasteiger partial charge in [-0.05, 0) is 13.8 Å². The number of Topliss-reactive ketones (excluding diaryl/α,β-unsaturated/α-hetero) is 1. The van der Waals surface area contributed by atoms with Gasteiger partial charge in [-0.3, -0.25) is 4.79 Å². The Morgan fingerprint density at radius 1 is 1.31 bits per heavy atom. The van der Waals surface area contributed by atoms with Crippen molar-refractivity contribution in [2.24, 2.45) is 0 Å². The highest BCUT2D eigenvalue weighted by Crippen LogP contribution is 2.21. The van der Waals surface area contributed by atoms with Gasteiger partial charge in [-0.25, -0.2) is 0 Å². The second kappa shape index (κ2) is 6.06. The summed E-state index contributed by atoms with van der Waals surface area (Å²) in [5.41, 5.74) is 1.90. The van der Waals surface area contributed by atoms with Crippen molar-refractivity contribution in [3.05, 3.63) is 35.4 Å². The molecule has 0 bridgehead atoms. The fourth-order valence-electron chi connectivity index (χ4n) is 1.41. The van der Waals surface area contributed by atoms with Crippen molar-refractivity contribution in [2.45, 2.75) is 31.3 Å². The van der Waals surface area contributed by atoms with Gasteiger partial charge in [0, 0.05) is 10.8 Å². The molecule has 0 fully saturated rings. The van der Waals surface area contributed by atoms with Crippen LogP contribution in [-0.2, 0) is 0 Å². The maximum Gasteiger partial charge on any atom is 0.175 e. The molecule has 1 aromatic carbocycles. The van der Waals surface area contributed by atoms with E-state index in [0.29, 0.717) is 0 Å². The van der Waals surface area contributed by atoms with Gasteiger partial charge in [0.1, 0.15) is 0 Å². The molecular formula is C13H18O2S. The summed E-state index contributed by atoms with van der Waals surface area (Å²) in [6.45, 7) is 5.92. The maximum absolute atomic E-state index is 12.0. The van der Waals surface area contributed by atoms with Gasteiger partial charge >= 0.3 is 0 Å². The second-order valence-electron chi connectivity index (χ2n) is 4.00. The van der Waals surface area contributed by atoms with Crippen LogP contribution in [0.25, 0.3) is 0 Å². The van der Waals surface area contributed by atoms with Crippen molar-refractivity contribution in [3.63, 3.8) is 0 Å². The van der Waals surface area contributed by atoms with Crippen molar-refractivity contribution >= 4 is 17.5 Å². The molecule has 0 heterocycles. The number of hydrogen-bond donors (Lipinski definition) is 1. The average molecular weight is 238 g/mol. The summed E-state index contributed by atoms with van der Waals surface area (Å²) in [6.07, 6.45) is 0. The van der Waals surface area contributed by atoms with E-state index in [1.165, 1.54) is 11.8 Å². The number of thioether (sulfide) groups is 1. The molecule has 2 unspecified atom stereocenters. The third-order valence-corrected chi connectivity index (χ3v) is 3.63. The largest absolute Gasteiger partial charge is 0.395 e. The lowest BCUT2D eigenvalue weighted by molar-refractivity contribution is 0.0993. The molecule has 0 aromatic heterocycles. The normalized spacial score (nSPS) is 14.5. The first-order valence-corrected chi connectivity index (χ1v) is 6.36. The highest BCUT2D eigenvalue weighted by Gasteiger charge is 2.17. The van der Waals surface area contributed by atoms with Gasteiger partial charge in [-0.15, -0.1) is 11.8 Å². The zero-order chi connectivity index (χ0) is 12.1. The predicted octanol–water partition coefficient (Wildman–Crippen LogP) is 2.68. The molecule has 1 rings (SSSR count). The number of aliphatic hydroxyl groups is 1. The Kier molecular flexibility index (Phi) is 5.03. The molecule has 0 saturated heterocycles. The molecule has 0 aliphatic carbocycles. The first-order chi connectivity index (χ1) is 7.54. The Balaban J connectivity index is 2.67. The molecule has 2 atom stereocenters. The lowest BCUT2D eigenvalue weighted by Crippen LogP contribution is -2.18. The third kappa shape index (κ3) is 3.65. The van der Waals surface area contributed by atoms with Crippen LogP contribution in [0.3, 0.4) is 0 Å². The summed E-state index contributed by atoms with van der Waals surface area (Å²) in [5.74, 6) is 0.130. The van der Waals surface area contributed by atoms with Crippen molar-refractivity contribution < 1.29 is 9.90 Å². The van der Waals surface area contributed by atoms with Gasteiger partial charge in [0.2, 0.25) is 0 Å². The Morgan fingerprint density at radius 3 is 2.38 bits per heavy atom. The number of ketones is 1. The van der Waals surface area contributed by atoms with E-state index < -0.39 is 0 Å². The van der Waals surface area contributed by atoms with E-state index in [1.807, 2.05) is 45.0 Å². The zero-order valence-electron chi connectivity index (χ0n) is 9.93. The molecule has 16 heavy (non-hydrogen) atoms. The number of rotatable bonds is 5. The van der Waals surface area contributed by atoms with Crippen molar-refractivity contribution in [3.8, 4) is 0 Å². The molecule has 1 aromatic rings. The molecule has 2 nitrogen and oxygen atoms in total. The minimum atomic E-state index is -0.107. The van der Waals surface area contributed by atoms with E-state index in [1.54, 1.807) is 0 Å². The predicted molar refractivity (Wildman–Crippen MR) is 69.1 cm³/mol.